The number of hydrogen-bond donors (Lipinski definition) is 0. The highest BCUT2D eigenvalue weighted by atomic mass is 15.1. The molecule has 0 saturated carbocycles. The van der Waals surface area contributed by atoms with Crippen molar-refractivity contribution in [1.29, 1.82) is 0 Å². The molecule has 1 heteroatoms. The molecule has 0 atom stereocenters. The third-order valence-corrected chi connectivity index (χ3v) is 8.86. The van der Waals surface area contributed by atoms with Gasteiger partial charge >= 0.3 is 0 Å². The van der Waals surface area contributed by atoms with Gasteiger partial charge in [0.25, 0.3) is 0 Å². The molecule has 1 nitrogen and oxygen atoms in total. The fraction of sp³-hybridized carbons (Fsp3) is 0. The number of rotatable bonds is 7. The Morgan fingerprint density at radius 3 is 1.53 bits per heavy atom. The number of hydrogen-bond acceptors (Lipinski definition) is 1. The largest absolute Gasteiger partial charge is 0.310 e. The van der Waals surface area contributed by atoms with E-state index in [4.69, 9.17) is 0 Å². The Morgan fingerprint density at radius 2 is 0.766 bits per heavy atom. The summed E-state index contributed by atoms with van der Waals surface area (Å²) in [4.78, 5) is 2.41. The van der Waals surface area contributed by atoms with Crippen LogP contribution in [0.4, 0.5) is 17.1 Å². The van der Waals surface area contributed by atoms with E-state index in [-0.39, 0.29) is 0 Å². The zero-order valence-electron chi connectivity index (χ0n) is 26.0. The summed E-state index contributed by atoms with van der Waals surface area (Å²) in [7, 11) is 0. The van der Waals surface area contributed by atoms with Crippen LogP contribution in [0, 0.1) is 0 Å². The monoisotopic (exact) mass is 599 g/mol. The van der Waals surface area contributed by atoms with Crippen LogP contribution in [-0.4, -0.2) is 0 Å². The number of benzene rings is 8. The molecule has 47 heavy (non-hydrogen) atoms. The molecule has 0 bridgehead atoms. The van der Waals surface area contributed by atoms with E-state index in [1.165, 1.54) is 55.3 Å². The van der Waals surface area contributed by atoms with Crippen molar-refractivity contribution in [2.75, 3.05) is 4.90 Å². The van der Waals surface area contributed by atoms with Gasteiger partial charge in [-0.25, -0.2) is 0 Å². The molecule has 0 N–H and O–H groups in total. The topological polar surface area (TPSA) is 3.24 Å². The first kappa shape index (κ1) is 28.3. The van der Waals surface area contributed by atoms with E-state index in [2.05, 4.69) is 205 Å². The van der Waals surface area contributed by atoms with Gasteiger partial charge in [0, 0.05) is 16.9 Å². The summed E-state index contributed by atoms with van der Waals surface area (Å²) in [5.74, 6) is 0. The lowest BCUT2D eigenvalue weighted by atomic mass is 9.92. The van der Waals surface area contributed by atoms with Gasteiger partial charge in [0.2, 0.25) is 0 Å². The minimum Gasteiger partial charge on any atom is -0.310 e. The van der Waals surface area contributed by atoms with Crippen molar-refractivity contribution >= 4 is 27.8 Å². The van der Waals surface area contributed by atoms with Gasteiger partial charge in [-0.05, 0) is 80.0 Å². The molecule has 0 aliphatic rings. The first-order valence-electron chi connectivity index (χ1n) is 16.1. The van der Waals surface area contributed by atoms with Crippen LogP contribution in [-0.2, 0) is 0 Å². The Balaban J connectivity index is 1.35. The molecular weight excluding hydrogens is 567 g/mol. The SMILES string of the molecule is c1ccc(-c2cccc(N(c3cccc(-c4cccc5ccccc45)c3)c3ccccc3-c3ccccc3-c3ccccc3)c2)cc1. The van der Waals surface area contributed by atoms with Gasteiger partial charge in [0.15, 0.2) is 0 Å². The van der Waals surface area contributed by atoms with Gasteiger partial charge in [-0.1, -0.05) is 170 Å². The lowest BCUT2D eigenvalue weighted by Gasteiger charge is -2.29. The summed E-state index contributed by atoms with van der Waals surface area (Å²) >= 11 is 0. The van der Waals surface area contributed by atoms with Crippen molar-refractivity contribution in [3.05, 3.63) is 200 Å². The Hall–Kier alpha value is -6.18. The third-order valence-electron chi connectivity index (χ3n) is 8.86. The quantitative estimate of drug-likeness (QED) is 0.176. The molecule has 0 spiro atoms. The van der Waals surface area contributed by atoms with Crippen LogP contribution in [0.15, 0.2) is 200 Å². The van der Waals surface area contributed by atoms with Crippen molar-refractivity contribution in [3.8, 4) is 44.5 Å². The Morgan fingerprint density at radius 1 is 0.277 bits per heavy atom. The van der Waals surface area contributed by atoms with Crippen molar-refractivity contribution in [2.45, 2.75) is 0 Å². The van der Waals surface area contributed by atoms with Crippen molar-refractivity contribution in [2.24, 2.45) is 0 Å². The van der Waals surface area contributed by atoms with Gasteiger partial charge < -0.3 is 4.90 Å². The average molecular weight is 600 g/mol. The first-order valence-corrected chi connectivity index (χ1v) is 16.1. The van der Waals surface area contributed by atoms with Gasteiger partial charge in [-0.15, -0.1) is 0 Å². The second-order valence-electron chi connectivity index (χ2n) is 11.8. The standard InChI is InChI=1S/C46H33N/c1-3-16-34(17-4-1)37-22-13-24-39(32-37)47(40-25-14-23-38(33-40)43-30-15-21-36-20-7-8-26-41(36)43)46-31-12-11-29-45(46)44-28-10-9-27-42(44)35-18-5-2-6-19-35/h1-33H. The van der Waals surface area contributed by atoms with E-state index in [0.717, 1.165) is 17.1 Å². The smallest absolute Gasteiger partial charge is 0.0540 e. The summed E-state index contributed by atoms with van der Waals surface area (Å²) in [6.45, 7) is 0. The first-order chi connectivity index (χ1) is 23.3. The molecule has 8 aromatic rings. The van der Waals surface area contributed by atoms with Gasteiger partial charge in [0.1, 0.15) is 0 Å². The number of nitrogens with zero attached hydrogens (tertiary/aromatic N) is 1. The fourth-order valence-corrected chi connectivity index (χ4v) is 6.66. The van der Waals surface area contributed by atoms with Gasteiger partial charge in [-0.3, -0.25) is 0 Å². The van der Waals surface area contributed by atoms with Gasteiger partial charge in [-0.2, -0.15) is 0 Å². The van der Waals surface area contributed by atoms with Crippen molar-refractivity contribution in [1.82, 2.24) is 0 Å². The molecule has 8 rings (SSSR count). The molecule has 0 radical (unpaired) electrons. The summed E-state index contributed by atoms with van der Waals surface area (Å²) < 4.78 is 0. The molecule has 0 heterocycles. The Labute approximate surface area is 276 Å². The van der Waals surface area contributed by atoms with Crippen LogP contribution in [0.1, 0.15) is 0 Å². The van der Waals surface area contributed by atoms with E-state index in [0.29, 0.717) is 0 Å². The van der Waals surface area contributed by atoms with E-state index in [1.807, 2.05) is 0 Å². The second-order valence-corrected chi connectivity index (χ2v) is 11.8. The molecule has 0 aromatic heterocycles. The average Bonchev–Trinajstić information content (AvgIpc) is 3.16. The second kappa shape index (κ2) is 12.7. The molecule has 0 amide bonds. The maximum atomic E-state index is 2.41. The lowest BCUT2D eigenvalue weighted by Crippen LogP contribution is -2.11. The molecule has 8 aromatic carbocycles. The van der Waals surface area contributed by atoms with Crippen LogP contribution in [0.2, 0.25) is 0 Å². The lowest BCUT2D eigenvalue weighted by molar-refractivity contribution is 1.28. The Kier molecular flexibility index (Phi) is 7.63. The highest BCUT2D eigenvalue weighted by Gasteiger charge is 2.20. The molecular formula is C46H33N. The van der Waals surface area contributed by atoms with Crippen LogP contribution >= 0.6 is 0 Å². The number of para-hydroxylation sites is 1. The molecule has 0 unspecified atom stereocenters. The van der Waals surface area contributed by atoms with Crippen LogP contribution in [0.3, 0.4) is 0 Å². The molecule has 0 fully saturated rings. The van der Waals surface area contributed by atoms with Crippen LogP contribution < -0.4 is 4.90 Å². The van der Waals surface area contributed by atoms with E-state index < -0.39 is 0 Å². The summed E-state index contributed by atoms with van der Waals surface area (Å²) in [6.07, 6.45) is 0. The molecule has 222 valence electrons. The predicted molar refractivity (Wildman–Crippen MR) is 200 cm³/mol. The van der Waals surface area contributed by atoms with Gasteiger partial charge in [0.05, 0.1) is 5.69 Å². The van der Waals surface area contributed by atoms with E-state index in [1.54, 1.807) is 0 Å². The molecule has 0 aliphatic heterocycles. The number of fused-ring (bicyclic) bond motifs is 1. The normalized spacial score (nSPS) is 11.0. The van der Waals surface area contributed by atoms with E-state index in [9.17, 15) is 0 Å². The summed E-state index contributed by atoms with van der Waals surface area (Å²) in [5, 5.41) is 2.49. The van der Waals surface area contributed by atoms with Crippen molar-refractivity contribution < 1.29 is 0 Å². The molecule has 0 aliphatic carbocycles. The van der Waals surface area contributed by atoms with E-state index >= 15 is 0 Å². The van der Waals surface area contributed by atoms with Crippen LogP contribution in [0.25, 0.3) is 55.3 Å². The predicted octanol–water partition coefficient (Wildman–Crippen LogP) is 13.0. The minimum absolute atomic E-state index is 1.10. The zero-order chi connectivity index (χ0) is 31.4. The van der Waals surface area contributed by atoms with Crippen molar-refractivity contribution in [3.63, 3.8) is 0 Å². The Bertz CT molecular complexity index is 2300. The highest BCUT2D eigenvalue weighted by Crippen LogP contribution is 2.45. The molecule has 0 saturated heterocycles. The van der Waals surface area contributed by atoms with Crippen LogP contribution in [0.5, 0.6) is 0 Å². The maximum Gasteiger partial charge on any atom is 0.0540 e. The maximum absolute atomic E-state index is 2.41. The zero-order valence-corrected chi connectivity index (χ0v) is 26.0. The number of anilines is 3. The highest BCUT2D eigenvalue weighted by molar-refractivity contribution is 5.98. The summed E-state index contributed by atoms with van der Waals surface area (Å²) in [6, 6.07) is 71.9. The summed E-state index contributed by atoms with van der Waals surface area (Å²) in [5.41, 5.74) is 12.9. The third kappa shape index (κ3) is 5.60. The minimum atomic E-state index is 1.10. The fourth-order valence-electron chi connectivity index (χ4n) is 6.66.